The fourth-order valence-corrected chi connectivity index (χ4v) is 3.08. The first-order chi connectivity index (χ1) is 8.06. The molecule has 1 atom stereocenters. The average Bonchev–Trinajstić information content (AvgIpc) is 2.19. The molecule has 0 aromatic heterocycles. The lowest BCUT2D eigenvalue weighted by atomic mass is 9.77. The van der Waals surface area contributed by atoms with E-state index in [9.17, 15) is 4.79 Å². The van der Waals surface area contributed by atoms with Crippen molar-refractivity contribution in [3.05, 3.63) is 0 Å². The minimum atomic E-state index is -0.258. The Morgan fingerprint density at radius 3 is 2.44 bits per heavy atom. The summed E-state index contributed by atoms with van der Waals surface area (Å²) in [4.78, 5) is 14.7. The number of likely N-dealkylation sites (tertiary alicyclic amines) is 1. The summed E-state index contributed by atoms with van der Waals surface area (Å²) in [6.07, 6.45) is 1.85. The van der Waals surface area contributed by atoms with E-state index in [-0.39, 0.29) is 22.8 Å². The Bertz CT molecular complexity index is 308. The van der Waals surface area contributed by atoms with Gasteiger partial charge in [-0.15, -0.1) is 0 Å². The zero-order valence-corrected chi connectivity index (χ0v) is 12.9. The first-order valence-corrected chi connectivity index (χ1v) is 7.11. The van der Waals surface area contributed by atoms with Crippen LogP contribution in [0.3, 0.4) is 0 Å². The van der Waals surface area contributed by atoms with Crippen LogP contribution in [-0.2, 0) is 4.79 Å². The molecule has 0 bridgehead atoms. The van der Waals surface area contributed by atoms with E-state index in [0.717, 1.165) is 25.9 Å². The highest BCUT2D eigenvalue weighted by Crippen LogP contribution is 2.33. The second-order valence-corrected chi connectivity index (χ2v) is 7.59. The van der Waals surface area contributed by atoms with Crippen LogP contribution in [0, 0.1) is 16.7 Å². The Morgan fingerprint density at radius 2 is 2.00 bits per heavy atom. The van der Waals surface area contributed by atoms with Crippen molar-refractivity contribution in [3.63, 3.8) is 0 Å². The lowest BCUT2D eigenvalue weighted by Crippen LogP contribution is -2.56. The third kappa shape index (κ3) is 3.47. The molecule has 1 aliphatic rings. The molecule has 1 saturated heterocycles. The second-order valence-electron chi connectivity index (χ2n) is 7.59. The third-order valence-electron chi connectivity index (χ3n) is 4.10. The SMILES string of the molecule is CC(C)CC(C)(C)C(=O)N1CCC(N)C(C)(C)C1. The minimum Gasteiger partial charge on any atom is -0.342 e. The number of hydrogen-bond donors (Lipinski definition) is 1. The van der Waals surface area contributed by atoms with Crippen LogP contribution >= 0.6 is 0 Å². The molecular formula is C15H30N2O. The number of hydrogen-bond acceptors (Lipinski definition) is 2. The molecule has 1 heterocycles. The number of amides is 1. The smallest absolute Gasteiger partial charge is 0.228 e. The lowest BCUT2D eigenvalue weighted by molar-refractivity contribution is -0.144. The van der Waals surface area contributed by atoms with Crippen molar-refractivity contribution in [2.24, 2.45) is 22.5 Å². The van der Waals surface area contributed by atoms with E-state index in [2.05, 4.69) is 41.5 Å². The van der Waals surface area contributed by atoms with E-state index in [1.54, 1.807) is 0 Å². The Kier molecular flexibility index (Phi) is 4.47. The molecule has 1 aliphatic heterocycles. The van der Waals surface area contributed by atoms with Gasteiger partial charge in [-0.25, -0.2) is 0 Å². The van der Waals surface area contributed by atoms with Crippen LogP contribution in [0.4, 0.5) is 0 Å². The van der Waals surface area contributed by atoms with Gasteiger partial charge >= 0.3 is 0 Å². The van der Waals surface area contributed by atoms with Crippen LogP contribution in [0.2, 0.25) is 0 Å². The van der Waals surface area contributed by atoms with Crippen LogP contribution in [0.1, 0.15) is 54.4 Å². The molecule has 1 amide bonds. The summed E-state index contributed by atoms with van der Waals surface area (Å²) in [6.45, 7) is 14.4. The molecule has 106 valence electrons. The Morgan fingerprint density at radius 1 is 1.44 bits per heavy atom. The number of rotatable bonds is 3. The predicted molar refractivity (Wildman–Crippen MR) is 76.2 cm³/mol. The molecule has 0 aromatic rings. The first kappa shape index (κ1) is 15.5. The van der Waals surface area contributed by atoms with Gasteiger partial charge in [0.25, 0.3) is 0 Å². The maximum Gasteiger partial charge on any atom is 0.228 e. The first-order valence-electron chi connectivity index (χ1n) is 7.11. The number of carbonyl (C=O) groups excluding carboxylic acids is 1. The monoisotopic (exact) mass is 254 g/mol. The molecule has 0 saturated carbocycles. The van der Waals surface area contributed by atoms with Crippen LogP contribution in [-0.4, -0.2) is 29.9 Å². The van der Waals surface area contributed by atoms with Gasteiger partial charge in [-0.1, -0.05) is 41.5 Å². The maximum atomic E-state index is 12.6. The molecular weight excluding hydrogens is 224 g/mol. The molecule has 1 fully saturated rings. The standard InChI is InChI=1S/C15H30N2O/c1-11(2)9-14(3,4)13(18)17-8-7-12(16)15(5,6)10-17/h11-12H,7-10,16H2,1-6H3. The summed E-state index contributed by atoms with van der Waals surface area (Å²) < 4.78 is 0. The molecule has 3 heteroatoms. The highest BCUT2D eigenvalue weighted by Gasteiger charge is 2.39. The van der Waals surface area contributed by atoms with Gasteiger partial charge in [0.2, 0.25) is 5.91 Å². The van der Waals surface area contributed by atoms with E-state index in [4.69, 9.17) is 5.73 Å². The van der Waals surface area contributed by atoms with Gasteiger partial charge in [-0.05, 0) is 24.2 Å². The van der Waals surface area contributed by atoms with Crippen molar-refractivity contribution in [1.29, 1.82) is 0 Å². The second kappa shape index (κ2) is 5.20. The average molecular weight is 254 g/mol. The quantitative estimate of drug-likeness (QED) is 0.841. The third-order valence-corrected chi connectivity index (χ3v) is 4.10. The summed E-state index contributed by atoms with van der Waals surface area (Å²) >= 11 is 0. The fraction of sp³-hybridized carbons (Fsp3) is 0.933. The van der Waals surface area contributed by atoms with Crippen LogP contribution in [0.5, 0.6) is 0 Å². The van der Waals surface area contributed by atoms with Gasteiger partial charge in [0.05, 0.1) is 0 Å². The fourth-order valence-electron chi connectivity index (χ4n) is 3.08. The lowest BCUT2D eigenvalue weighted by Gasteiger charge is -2.45. The van der Waals surface area contributed by atoms with E-state index >= 15 is 0 Å². The van der Waals surface area contributed by atoms with Gasteiger partial charge in [0.15, 0.2) is 0 Å². The molecule has 2 N–H and O–H groups in total. The van der Waals surface area contributed by atoms with Crippen LogP contribution in [0.15, 0.2) is 0 Å². The Balaban J connectivity index is 2.73. The summed E-state index contributed by atoms with van der Waals surface area (Å²) in [5, 5.41) is 0. The highest BCUT2D eigenvalue weighted by atomic mass is 16.2. The van der Waals surface area contributed by atoms with Crippen molar-refractivity contribution >= 4 is 5.91 Å². The van der Waals surface area contributed by atoms with Crippen LogP contribution in [0.25, 0.3) is 0 Å². The van der Waals surface area contributed by atoms with Crippen LogP contribution < -0.4 is 5.73 Å². The van der Waals surface area contributed by atoms with E-state index in [1.807, 2.05) is 4.90 Å². The summed E-state index contributed by atoms with van der Waals surface area (Å²) in [5.74, 6) is 0.834. The molecule has 0 aromatic carbocycles. The van der Waals surface area contributed by atoms with Crippen molar-refractivity contribution in [1.82, 2.24) is 4.90 Å². The van der Waals surface area contributed by atoms with Crippen molar-refractivity contribution < 1.29 is 4.79 Å². The summed E-state index contributed by atoms with van der Waals surface area (Å²) in [5.41, 5.74) is 5.90. The van der Waals surface area contributed by atoms with Crippen molar-refractivity contribution in [3.8, 4) is 0 Å². The van der Waals surface area contributed by atoms with Crippen molar-refractivity contribution in [2.75, 3.05) is 13.1 Å². The summed E-state index contributed by atoms with van der Waals surface area (Å²) in [7, 11) is 0. The minimum absolute atomic E-state index is 0.0296. The maximum absolute atomic E-state index is 12.6. The topological polar surface area (TPSA) is 46.3 Å². The van der Waals surface area contributed by atoms with Gasteiger partial charge in [-0.2, -0.15) is 0 Å². The normalized spacial score (nSPS) is 24.4. The Labute approximate surface area is 112 Å². The molecule has 1 rings (SSSR count). The zero-order chi connectivity index (χ0) is 14.1. The molecule has 0 radical (unpaired) electrons. The number of piperidine rings is 1. The van der Waals surface area contributed by atoms with Gasteiger partial charge in [0, 0.05) is 24.5 Å². The largest absolute Gasteiger partial charge is 0.342 e. The highest BCUT2D eigenvalue weighted by molar-refractivity contribution is 5.82. The molecule has 1 unspecified atom stereocenters. The zero-order valence-electron chi connectivity index (χ0n) is 12.9. The molecule has 0 aliphatic carbocycles. The van der Waals surface area contributed by atoms with Crippen molar-refractivity contribution in [2.45, 2.75) is 60.4 Å². The van der Waals surface area contributed by atoms with E-state index in [0.29, 0.717) is 5.92 Å². The summed E-state index contributed by atoms with van der Waals surface area (Å²) in [6, 6.07) is 0.203. The van der Waals surface area contributed by atoms with Gasteiger partial charge < -0.3 is 10.6 Å². The number of nitrogens with zero attached hydrogens (tertiary/aromatic N) is 1. The Hall–Kier alpha value is -0.570. The number of carbonyl (C=O) groups is 1. The number of nitrogens with two attached hydrogens (primary N) is 1. The van der Waals surface area contributed by atoms with Gasteiger partial charge in [-0.3, -0.25) is 4.79 Å². The molecule has 3 nitrogen and oxygen atoms in total. The van der Waals surface area contributed by atoms with E-state index < -0.39 is 0 Å². The predicted octanol–water partition coefficient (Wildman–Crippen LogP) is 2.64. The molecule has 18 heavy (non-hydrogen) atoms. The van der Waals surface area contributed by atoms with E-state index in [1.165, 1.54) is 0 Å². The van der Waals surface area contributed by atoms with Gasteiger partial charge in [0.1, 0.15) is 0 Å². The molecule has 0 spiro atoms.